The SMILES string of the molecule is Cc1ccc(S(=O)(=O)NCc2nc(CN3CCOCC3)cs2)s1. The van der Waals surface area contributed by atoms with Gasteiger partial charge in [-0.3, -0.25) is 4.90 Å². The van der Waals surface area contributed by atoms with Gasteiger partial charge in [0, 0.05) is 29.9 Å². The Morgan fingerprint density at radius 1 is 1.35 bits per heavy atom. The average Bonchev–Trinajstić information content (AvgIpc) is 3.16. The number of aryl methyl sites for hydroxylation is 1. The van der Waals surface area contributed by atoms with Gasteiger partial charge in [-0.05, 0) is 19.1 Å². The summed E-state index contributed by atoms with van der Waals surface area (Å²) in [6, 6.07) is 3.44. The molecule has 0 saturated carbocycles. The largest absolute Gasteiger partial charge is 0.379 e. The molecule has 3 heterocycles. The van der Waals surface area contributed by atoms with E-state index >= 15 is 0 Å². The molecule has 0 amide bonds. The van der Waals surface area contributed by atoms with Gasteiger partial charge in [-0.15, -0.1) is 22.7 Å². The molecule has 0 unspecified atom stereocenters. The Hall–Kier alpha value is -0.840. The number of hydrogen-bond donors (Lipinski definition) is 1. The standard InChI is InChI=1S/C14H19N3O3S3/c1-11-2-3-14(22-11)23(18,19)15-8-13-16-12(10-21-13)9-17-4-6-20-7-5-17/h2-3,10,15H,4-9H2,1H3. The normalized spacial score (nSPS) is 16.7. The third kappa shape index (κ3) is 4.59. The zero-order chi connectivity index (χ0) is 16.3. The molecule has 9 heteroatoms. The molecule has 126 valence electrons. The van der Waals surface area contributed by atoms with Gasteiger partial charge in [0.25, 0.3) is 0 Å². The maximum absolute atomic E-state index is 12.2. The van der Waals surface area contributed by atoms with E-state index < -0.39 is 10.0 Å². The molecule has 6 nitrogen and oxygen atoms in total. The fourth-order valence-electron chi connectivity index (χ4n) is 2.28. The topological polar surface area (TPSA) is 71.5 Å². The number of thiazole rings is 1. The van der Waals surface area contributed by atoms with Crippen LogP contribution in [-0.4, -0.2) is 44.6 Å². The Labute approximate surface area is 144 Å². The van der Waals surface area contributed by atoms with Crippen molar-refractivity contribution >= 4 is 32.7 Å². The first-order valence-corrected chi connectivity index (χ1v) is 10.5. The molecule has 0 aromatic carbocycles. The first-order valence-electron chi connectivity index (χ1n) is 7.32. The van der Waals surface area contributed by atoms with Crippen molar-refractivity contribution in [3.05, 3.63) is 33.1 Å². The quantitative estimate of drug-likeness (QED) is 0.836. The molecule has 1 fully saturated rings. The van der Waals surface area contributed by atoms with Gasteiger partial charge in [-0.1, -0.05) is 0 Å². The number of rotatable bonds is 6. The van der Waals surface area contributed by atoms with Gasteiger partial charge in [-0.25, -0.2) is 18.1 Å². The predicted octanol–water partition coefficient (Wildman–Crippen LogP) is 1.82. The van der Waals surface area contributed by atoms with Gasteiger partial charge in [0.1, 0.15) is 9.22 Å². The zero-order valence-electron chi connectivity index (χ0n) is 12.8. The highest BCUT2D eigenvalue weighted by Gasteiger charge is 2.17. The van der Waals surface area contributed by atoms with Crippen LogP contribution in [0, 0.1) is 6.92 Å². The fraction of sp³-hybridized carbons (Fsp3) is 0.500. The lowest BCUT2D eigenvalue weighted by Gasteiger charge is -2.25. The van der Waals surface area contributed by atoms with Crippen LogP contribution in [0.2, 0.25) is 0 Å². The van der Waals surface area contributed by atoms with Crippen molar-refractivity contribution < 1.29 is 13.2 Å². The molecule has 1 N–H and O–H groups in total. The van der Waals surface area contributed by atoms with E-state index in [2.05, 4.69) is 14.6 Å². The fourth-order valence-corrected chi connectivity index (χ4v) is 5.41. The lowest BCUT2D eigenvalue weighted by atomic mass is 10.3. The molecule has 0 aliphatic carbocycles. The molecule has 2 aromatic rings. The number of nitrogens with one attached hydrogen (secondary N) is 1. The molecule has 1 saturated heterocycles. The van der Waals surface area contributed by atoms with Crippen LogP contribution in [0.3, 0.4) is 0 Å². The number of nitrogens with zero attached hydrogens (tertiary/aromatic N) is 2. The lowest BCUT2D eigenvalue weighted by Crippen LogP contribution is -2.35. The number of hydrogen-bond acceptors (Lipinski definition) is 7. The van der Waals surface area contributed by atoms with Crippen molar-refractivity contribution in [3.63, 3.8) is 0 Å². The van der Waals surface area contributed by atoms with Crippen LogP contribution in [0.5, 0.6) is 0 Å². The summed E-state index contributed by atoms with van der Waals surface area (Å²) in [5.41, 5.74) is 0.984. The summed E-state index contributed by atoms with van der Waals surface area (Å²) in [5, 5.41) is 2.78. The van der Waals surface area contributed by atoms with E-state index in [0.717, 1.165) is 48.4 Å². The number of aromatic nitrogens is 1. The van der Waals surface area contributed by atoms with Crippen molar-refractivity contribution in [2.24, 2.45) is 0 Å². The minimum atomic E-state index is -3.45. The van der Waals surface area contributed by atoms with E-state index in [-0.39, 0.29) is 6.54 Å². The van der Waals surface area contributed by atoms with Gasteiger partial charge in [0.2, 0.25) is 10.0 Å². The molecule has 2 aromatic heterocycles. The van der Waals surface area contributed by atoms with Gasteiger partial charge < -0.3 is 4.74 Å². The second kappa shape index (κ2) is 7.37. The molecule has 0 spiro atoms. The summed E-state index contributed by atoms with van der Waals surface area (Å²) >= 11 is 2.76. The van der Waals surface area contributed by atoms with Crippen LogP contribution in [0.15, 0.2) is 21.7 Å². The lowest BCUT2D eigenvalue weighted by molar-refractivity contribution is 0.0337. The molecule has 0 atom stereocenters. The molecule has 1 aliphatic rings. The summed E-state index contributed by atoms with van der Waals surface area (Å²) in [5.74, 6) is 0. The third-order valence-corrected chi connectivity index (χ3v) is 7.27. The molecule has 3 rings (SSSR count). The summed E-state index contributed by atoms with van der Waals surface area (Å²) < 4.78 is 32.7. The summed E-state index contributed by atoms with van der Waals surface area (Å²) in [6.45, 7) is 6.26. The zero-order valence-corrected chi connectivity index (χ0v) is 15.3. The number of thiophene rings is 1. The Morgan fingerprint density at radius 2 is 2.13 bits per heavy atom. The highest BCUT2D eigenvalue weighted by molar-refractivity contribution is 7.91. The predicted molar refractivity (Wildman–Crippen MR) is 91.3 cm³/mol. The van der Waals surface area contributed by atoms with Gasteiger partial charge in [0.15, 0.2) is 0 Å². The van der Waals surface area contributed by atoms with Crippen molar-refractivity contribution in [1.82, 2.24) is 14.6 Å². The minimum absolute atomic E-state index is 0.229. The van der Waals surface area contributed by atoms with Crippen LogP contribution >= 0.6 is 22.7 Å². The Bertz CT molecular complexity index is 748. The van der Waals surface area contributed by atoms with Crippen LogP contribution in [0.4, 0.5) is 0 Å². The second-order valence-corrected chi connectivity index (χ2v) is 9.54. The third-order valence-electron chi connectivity index (χ3n) is 3.48. The van der Waals surface area contributed by atoms with E-state index in [1.165, 1.54) is 22.7 Å². The van der Waals surface area contributed by atoms with Crippen LogP contribution in [-0.2, 0) is 27.8 Å². The number of ether oxygens (including phenoxy) is 1. The molecular weight excluding hydrogens is 354 g/mol. The van der Waals surface area contributed by atoms with Crippen molar-refractivity contribution in [1.29, 1.82) is 0 Å². The average molecular weight is 374 g/mol. The minimum Gasteiger partial charge on any atom is -0.379 e. The molecule has 23 heavy (non-hydrogen) atoms. The highest BCUT2D eigenvalue weighted by atomic mass is 32.2. The maximum atomic E-state index is 12.2. The monoisotopic (exact) mass is 373 g/mol. The first kappa shape index (κ1) is 17.0. The number of sulfonamides is 1. The summed E-state index contributed by atoms with van der Waals surface area (Å²) in [7, 11) is -3.45. The molecular formula is C14H19N3O3S3. The van der Waals surface area contributed by atoms with Gasteiger partial charge in [0.05, 0.1) is 25.5 Å². The van der Waals surface area contributed by atoms with E-state index in [4.69, 9.17) is 4.74 Å². The van der Waals surface area contributed by atoms with E-state index in [1.54, 1.807) is 6.07 Å². The van der Waals surface area contributed by atoms with Crippen molar-refractivity contribution in [2.45, 2.75) is 24.2 Å². The maximum Gasteiger partial charge on any atom is 0.250 e. The van der Waals surface area contributed by atoms with Gasteiger partial charge >= 0.3 is 0 Å². The van der Waals surface area contributed by atoms with Crippen molar-refractivity contribution in [3.8, 4) is 0 Å². The molecule has 1 aliphatic heterocycles. The summed E-state index contributed by atoms with van der Waals surface area (Å²) in [4.78, 5) is 7.79. The smallest absolute Gasteiger partial charge is 0.250 e. The van der Waals surface area contributed by atoms with Crippen LogP contribution in [0.1, 0.15) is 15.6 Å². The van der Waals surface area contributed by atoms with Gasteiger partial charge in [-0.2, -0.15) is 0 Å². The Balaban J connectivity index is 1.56. The summed E-state index contributed by atoms with van der Waals surface area (Å²) in [6.07, 6.45) is 0. The molecule has 0 bridgehead atoms. The first-order chi connectivity index (χ1) is 11.0. The van der Waals surface area contributed by atoms with E-state index in [1.807, 2.05) is 18.4 Å². The highest BCUT2D eigenvalue weighted by Crippen LogP contribution is 2.21. The number of morpholine rings is 1. The molecule has 0 radical (unpaired) electrons. The second-order valence-electron chi connectivity index (χ2n) is 5.31. The van der Waals surface area contributed by atoms with Crippen LogP contribution in [0.25, 0.3) is 0 Å². The van der Waals surface area contributed by atoms with E-state index in [9.17, 15) is 8.42 Å². The Morgan fingerprint density at radius 3 is 2.83 bits per heavy atom. The Kier molecular flexibility index (Phi) is 5.45. The van der Waals surface area contributed by atoms with E-state index in [0.29, 0.717) is 4.21 Å². The van der Waals surface area contributed by atoms with Crippen LogP contribution < -0.4 is 4.72 Å². The van der Waals surface area contributed by atoms with Crippen molar-refractivity contribution in [2.75, 3.05) is 26.3 Å².